The Bertz CT molecular complexity index is 727. The number of hydrogen-bond acceptors (Lipinski definition) is 4. The third kappa shape index (κ3) is 5.30. The van der Waals surface area contributed by atoms with E-state index >= 15 is 0 Å². The van der Waals surface area contributed by atoms with E-state index < -0.39 is 10.0 Å². The molecule has 2 rings (SSSR count). The molecule has 0 saturated carbocycles. The van der Waals surface area contributed by atoms with Crippen molar-refractivity contribution in [1.29, 1.82) is 0 Å². The Hall–Kier alpha value is -1.41. The number of nitrogens with zero attached hydrogens (tertiary/aromatic N) is 3. The summed E-state index contributed by atoms with van der Waals surface area (Å²) in [5.41, 5.74) is 1.53. The van der Waals surface area contributed by atoms with Gasteiger partial charge in [0.05, 0.1) is 11.9 Å². The van der Waals surface area contributed by atoms with Crippen molar-refractivity contribution >= 4 is 15.9 Å². The van der Waals surface area contributed by atoms with Crippen molar-refractivity contribution in [3.05, 3.63) is 17.5 Å². The van der Waals surface area contributed by atoms with E-state index in [0.29, 0.717) is 31.2 Å². The Kier molecular flexibility index (Phi) is 6.85. The van der Waals surface area contributed by atoms with Crippen LogP contribution in [-0.4, -0.2) is 54.4 Å². The number of aryl methyl sites for hydroxylation is 1. The van der Waals surface area contributed by atoms with E-state index in [2.05, 4.69) is 30.6 Å². The second-order valence-electron chi connectivity index (χ2n) is 7.69. The topological polar surface area (TPSA) is 84.3 Å². The summed E-state index contributed by atoms with van der Waals surface area (Å²) in [6, 6.07) is 1.67. The molecule has 1 N–H and O–H groups in total. The summed E-state index contributed by atoms with van der Waals surface area (Å²) in [4.78, 5) is 14.8. The highest BCUT2D eigenvalue weighted by atomic mass is 32.2. The molecule has 1 aliphatic rings. The number of carbonyl (C=O) groups excluding carboxylic acids is 1. The maximum atomic E-state index is 13.1. The molecule has 1 fully saturated rings. The predicted molar refractivity (Wildman–Crippen MR) is 103 cm³/mol. The summed E-state index contributed by atoms with van der Waals surface area (Å²) in [7, 11) is -3.30. The van der Waals surface area contributed by atoms with Gasteiger partial charge >= 0.3 is 0 Å². The number of amides is 1. The lowest BCUT2D eigenvalue weighted by atomic mass is 9.99. The molecule has 148 valence electrons. The van der Waals surface area contributed by atoms with Crippen LogP contribution in [0.3, 0.4) is 0 Å². The first kappa shape index (κ1) is 20.9. The minimum absolute atomic E-state index is 0.0618. The molecule has 2 heterocycles. The van der Waals surface area contributed by atoms with Crippen LogP contribution in [0.4, 0.5) is 0 Å². The standard InChI is InChI=1S/C18H32N4O3S/c1-6-8-14-11-21(12-16(14)20-26(5,24)25)18(23)17-10-15(9-13(3)4)19-22(17)7-2/h10,13-14,16,20H,6-9,11-12H2,1-5H3. The van der Waals surface area contributed by atoms with Gasteiger partial charge in [0.15, 0.2) is 0 Å². The highest BCUT2D eigenvalue weighted by molar-refractivity contribution is 7.88. The fourth-order valence-electron chi connectivity index (χ4n) is 3.67. The Morgan fingerprint density at radius 1 is 1.35 bits per heavy atom. The van der Waals surface area contributed by atoms with Gasteiger partial charge in [-0.25, -0.2) is 13.1 Å². The second kappa shape index (κ2) is 8.52. The van der Waals surface area contributed by atoms with Gasteiger partial charge in [-0.15, -0.1) is 0 Å². The zero-order valence-corrected chi connectivity index (χ0v) is 17.3. The van der Waals surface area contributed by atoms with Crippen molar-refractivity contribution in [2.75, 3.05) is 19.3 Å². The Labute approximate surface area is 157 Å². The molecule has 2 unspecified atom stereocenters. The molecule has 0 aliphatic carbocycles. The van der Waals surface area contributed by atoms with E-state index in [4.69, 9.17) is 0 Å². The summed E-state index contributed by atoms with van der Waals surface area (Å²) in [5.74, 6) is 0.558. The quantitative estimate of drug-likeness (QED) is 0.742. The van der Waals surface area contributed by atoms with E-state index in [1.807, 2.05) is 13.0 Å². The average Bonchev–Trinajstić information content (AvgIpc) is 3.09. The molecule has 26 heavy (non-hydrogen) atoms. The van der Waals surface area contributed by atoms with Crippen molar-refractivity contribution in [3.63, 3.8) is 0 Å². The van der Waals surface area contributed by atoms with Crippen LogP contribution in [0.15, 0.2) is 6.07 Å². The van der Waals surface area contributed by atoms with Crippen LogP contribution in [0.5, 0.6) is 0 Å². The molecule has 1 saturated heterocycles. The molecule has 1 aromatic rings. The minimum Gasteiger partial charge on any atom is -0.335 e. The smallest absolute Gasteiger partial charge is 0.272 e. The second-order valence-corrected chi connectivity index (χ2v) is 9.47. The van der Waals surface area contributed by atoms with Gasteiger partial charge in [0.1, 0.15) is 5.69 Å². The molecule has 1 amide bonds. The van der Waals surface area contributed by atoms with E-state index in [0.717, 1.165) is 25.0 Å². The largest absolute Gasteiger partial charge is 0.335 e. The third-order valence-electron chi connectivity index (χ3n) is 4.72. The van der Waals surface area contributed by atoms with Crippen LogP contribution in [0.2, 0.25) is 0 Å². The van der Waals surface area contributed by atoms with Crippen molar-refractivity contribution < 1.29 is 13.2 Å². The van der Waals surface area contributed by atoms with Gasteiger partial charge < -0.3 is 4.90 Å². The highest BCUT2D eigenvalue weighted by Gasteiger charge is 2.37. The summed E-state index contributed by atoms with van der Waals surface area (Å²) >= 11 is 0. The van der Waals surface area contributed by atoms with Gasteiger partial charge in [-0.3, -0.25) is 9.48 Å². The maximum Gasteiger partial charge on any atom is 0.272 e. The van der Waals surface area contributed by atoms with Crippen LogP contribution in [0, 0.1) is 11.8 Å². The number of rotatable bonds is 8. The van der Waals surface area contributed by atoms with Crippen LogP contribution in [0.25, 0.3) is 0 Å². The molecular weight excluding hydrogens is 352 g/mol. The molecular formula is C18H32N4O3S. The summed E-state index contributed by atoms with van der Waals surface area (Å²) in [5, 5.41) is 4.55. The molecule has 1 aromatic heterocycles. The van der Waals surface area contributed by atoms with Crippen LogP contribution < -0.4 is 4.72 Å². The number of likely N-dealkylation sites (tertiary alicyclic amines) is 1. The van der Waals surface area contributed by atoms with Crippen molar-refractivity contribution in [2.45, 2.75) is 59.5 Å². The molecule has 0 radical (unpaired) electrons. The fraction of sp³-hybridized carbons (Fsp3) is 0.778. The first-order valence-electron chi connectivity index (χ1n) is 9.47. The fourth-order valence-corrected chi connectivity index (χ4v) is 4.49. The van der Waals surface area contributed by atoms with Gasteiger partial charge in [-0.05, 0) is 37.7 Å². The lowest BCUT2D eigenvalue weighted by Gasteiger charge is -2.17. The molecule has 8 heteroatoms. The molecule has 0 bridgehead atoms. The zero-order chi connectivity index (χ0) is 19.5. The maximum absolute atomic E-state index is 13.1. The zero-order valence-electron chi connectivity index (χ0n) is 16.5. The van der Waals surface area contributed by atoms with E-state index in [9.17, 15) is 13.2 Å². The first-order chi connectivity index (χ1) is 12.1. The first-order valence-corrected chi connectivity index (χ1v) is 11.4. The van der Waals surface area contributed by atoms with Gasteiger partial charge in [0.2, 0.25) is 10.0 Å². The van der Waals surface area contributed by atoms with Crippen molar-refractivity contribution in [3.8, 4) is 0 Å². The van der Waals surface area contributed by atoms with E-state index in [1.165, 1.54) is 6.26 Å². The molecule has 7 nitrogen and oxygen atoms in total. The van der Waals surface area contributed by atoms with Gasteiger partial charge in [-0.2, -0.15) is 5.10 Å². The third-order valence-corrected chi connectivity index (χ3v) is 5.45. The minimum atomic E-state index is -3.30. The van der Waals surface area contributed by atoms with Crippen molar-refractivity contribution in [1.82, 2.24) is 19.4 Å². The summed E-state index contributed by atoms with van der Waals surface area (Å²) < 4.78 is 27.8. The predicted octanol–water partition coefficient (Wildman–Crippen LogP) is 1.89. The SMILES string of the molecule is CCCC1CN(C(=O)c2cc(CC(C)C)nn2CC)CC1NS(C)(=O)=O. The van der Waals surface area contributed by atoms with E-state index in [-0.39, 0.29) is 17.9 Å². The number of sulfonamides is 1. The Morgan fingerprint density at radius 3 is 2.58 bits per heavy atom. The number of aromatic nitrogens is 2. The normalized spacial score (nSPS) is 20.9. The number of nitrogens with one attached hydrogen (secondary N) is 1. The molecule has 1 aliphatic heterocycles. The van der Waals surface area contributed by atoms with Crippen molar-refractivity contribution in [2.24, 2.45) is 11.8 Å². The number of carbonyl (C=O) groups is 1. The van der Waals surface area contributed by atoms with Crippen LogP contribution in [-0.2, 0) is 23.0 Å². The lowest BCUT2D eigenvalue weighted by molar-refractivity contribution is 0.0772. The summed E-state index contributed by atoms with van der Waals surface area (Å²) in [6.45, 7) is 9.93. The van der Waals surface area contributed by atoms with E-state index in [1.54, 1.807) is 9.58 Å². The molecule has 0 aromatic carbocycles. The highest BCUT2D eigenvalue weighted by Crippen LogP contribution is 2.24. The van der Waals surface area contributed by atoms with Gasteiger partial charge in [-0.1, -0.05) is 27.2 Å². The van der Waals surface area contributed by atoms with Gasteiger partial charge in [0, 0.05) is 25.7 Å². The molecule has 2 atom stereocenters. The Morgan fingerprint density at radius 2 is 2.04 bits per heavy atom. The monoisotopic (exact) mass is 384 g/mol. The van der Waals surface area contributed by atoms with Gasteiger partial charge in [0.25, 0.3) is 5.91 Å². The molecule has 0 spiro atoms. The lowest BCUT2D eigenvalue weighted by Crippen LogP contribution is -2.40. The summed E-state index contributed by atoms with van der Waals surface area (Å²) in [6.07, 6.45) is 3.86. The number of hydrogen-bond donors (Lipinski definition) is 1. The van der Waals surface area contributed by atoms with Crippen LogP contribution in [0.1, 0.15) is 56.7 Å². The Balaban J connectivity index is 2.20. The average molecular weight is 385 g/mol. The van der Waals surface area contributed by atoms with Crippen LogP contribution >= 0.6 is 0 Å².